The van der Waals surface area contributed by atoms with Gasteiger partial charge in [0.05, 0.1) is 4.90 Å². The molecule has 2 rings (SSSR count). The van der Waals surface area contributed by atoms with Crippen molar-refractivity contribution in [2.75, 3.05) is 12.8 Å². The zero-order chi connectivity index (χ0) is 17.0. The van der Waals surface area contributed by atoms with E-state index in [-0.39, 0.29) is 16.7 Å². The van der Waals surface area contributed by atoms with Gasteiger partial charge in [-0.05, 0) is 36.1 Å². The Morgan fingerprint density at radius 3 is 2.39 bits per heavy atom. The molecule has 5 heteroatoms. The summed E-state index contributed by atoms with van der Waals surface area (Å²) >= 11 is 0. The van der Waals surface area contributed by atoms with Gasteiger partial charge >= 0.3 is 0 Å². The standard InChI is InChI=1S/C18H21NO3S/c1-13-9-10-16(23(3,21)22)11-17(13)18(20)19-12-14(2)15-7-5-4-6-8-15/h4-11,14H,12H2,1-3H3,(H,19,20)/t14-/m1/s1. The van der Waals surface area contributed by atoms with Crippen LogP contribution < -0.4 is 5.32 Å². The van der Waals surface area contributed by atoms with Crippen LogP contribution in [0.4, 0.5) is 0 Å². The van der Waals surface area contributed by atoms with Crippen molar-refractivity contribution in [3.05, 3.63) is 65.2 Å². The highest BCUT2D eigenvalue weighted by Crippen LogP contribution is 2.17. The third-order valence-electron chi connectivity index (χ3n) is 3.82. The van der Waals surface area contributed by atoms with Crippen LogP contribution >= 0.6 is 0 Å². The maximum absolute atomic E-state index is 12.4. The summed E-state index contributed by atoms with van der Waals surface area (Å²) in [5.74, 6) is -0.0747. The van der Waals surface area contributed by atoms with E-state index in [1.54, 1.807) is 13.0 Å². The molecule has 0 fully saturated rings. The smallest absolute Gasteiger partial charge is 0.251 e. The molecule has 0 heterocycles. The predicted octanol–water partition coefficient (Wildman–Crippen LogP) is 2.93. The van der Waals surface area contributed by atoms with Gasteiger partial charge in [-0.1, -0.05) is 43.3 Å². The van der Waals surface area contributed by atoms with Gasteiger partial charge in [-0.2, -0.15) is 0 Å². The molecular weight excluding hydrogens is 310 g/mol. The van der Waals surface area contributed by atoms with Gasteiger partial charge in [-0.25, -0.2) is 8.42 Å². The number of nitrogens with one attached hydrogen (secondary N) is 1. The Balaban J connectivity index is 2.12. The van der Waals surface area contributed by atoms with Crippen LogP contribution in [0.3, 0.4) is 0 Å². The van der Waals surface area contributed by atoms with Crippen molar-refractivity contribution in [2.45, 2.75) is 24.7 Å². The van der Waals surface area contributed by atoms with Crippen LogP contribution in [0.1, 0.15) is 34.3 Å². The average Bonchev–Trinajstić information content (AvgIpc) is 2.52. The molecule has 0 saturated heterocycles. The summed E-state index contributed by atoms with van der Waals surface area (Å²) in [6, 6.07) is 14.5. The van der Waals surface area contributed by atoms with Crippen LogP contribution in [0.25, 0.3) is 0 Å². The molecule has 0 aliphatic rings. The van der Waals surface area contributed by atoms with E-state index < -0.39 is 9.84 Å². The Bertz CT molecular complexity index is 798. The van der Waals surface area contributed by atoms with Crippen LogP contribution in [0.5, 0.6) is 0 Å². The van der Waals surface area contributed by atoms with Gasteiger partial charge in [0.1, 0.15) is 0 Å². The van der Waals surface area contributed by atoms with Crippen LogP contribution in [0, 0.1) is 6.92 Å². The van der Waals surface area contributed by atoms with E-state index in [4.69, 9.17) is 0 Å². The first kappa shape index (κ1) is 17.2. The average molecular weight is 331 g/mol. The number of carbonyl (C=O) groups is 1. The molecule has 1 amide bonds. The second-order valence-corrected chi connectivity index (χ2v) is 7.79. The van der Waals surface area contributed by atoms with Gasteiger partial charge in [0.15, 0.2) is 9.84 Å². The summed E-state index contributed by atoms with van der Waals surface area (Å²) in [6.07, 6.45) is 1.14. The minimum absolute atomic E-state index is 0.157. The summed E-state index contributed by atoms with van der Waals surface area (Å²) in [6.45, 7) is 4.32. The summed E-state index contributed by atoms with van der Waals surface area (Å²) in [5.41, 5.74) is 2.30. The highest BCUT2D eigenvalue weighted by molar-refractivity contribution is 7.90. The van der Waals surface area contributed by atoms with E-state index in [1.807, 2.05) is 37.3 Å². The molecule has 0 radical (unpaired) electrons. The van der Waals surface area contributed by atoms with E-state index in [0.717, 1.165) is 17.4 Å². The Hall–Kier alpha value is -2.14. The minimum atomic E-state index is -3.33. The van der Waals surface area contributed by atoms with Gasteiger partial charge < -0.3 is 5.32 Å². The molecule has 2 aromatic carbocycles. The highest BCUT2D eigenvalue weighted by Gasteiger charge is 2.15. The summed E-state index contributed by atoms with van der Waals surface area (Å²) < 4.78 is 23.3. The van der Waals surface area contributed by atoms with Gasteiger partial charge in [-0.3, -0.25) is 4.79 Å². The van der Waals surface area contributed by atoms with Crippen molar-refractivity contribution in [2.24, 2.45) is 0 Å². The van der Waals surface area contributed by atoms with Crippen LogP contribution in [-0.2, 0) is 9.84 Å². The normalized spacial score (nSPS) is 12.7. The van der Waals surface area contributed by atoms with Crippen molar-refractivity contribution >= 4 is 15.7 Å². The quantitative estimate of drug-likeness (QED) is 0.916. The topological polar surface area (TPSA) is 63.2 Å². The highest BCUT2D eigenvalue weighted by atomic mass is 32.2. The molecule has 23 heavy (non-hydrogen) atoms. The molecule has 0 aliphatic carbocycles. The zero-order valence-corrected chi connectivity index (χ0v) is 14.4. The number of carbonyl (C=O) groups excluding carboxylic acids is 1. The monoisotopic (exact) mass is 331 g/mol. The van der Waals surface area contributed by atoms with Crippen molar-refractivity contribution in [3.63, 3.8) is 0 Å². The first-order chi connectivity index (χ1) is 10.8. The SMILES string of the molecule is Cc1ccc(S(C)(=O)=O)cc1C(=O)NC[C@@H](C)c1ccccc1. The fourth-order valence-corrected chi connectivity index (χ4v) is 2.96. The Kier molecular flexibility index (Phi) is 5.21. The lowest BCUT2D eigenvalue weighted by Crippen LogP contribution is -2.28. The Labute approximate surface area is 137 Å². The number of amides is 1. The molecule has 0 aromatic heterocycles. The zero-order valence-electron chi connectivity index (χ0n) is 13.5. The molecule has 0 bridgehead atoms. The van der Waals surface area contributed by atoms with E-state index in [9.17, 15) is 13.2 Å². The lowest BCUT2D eigenvalue weighted by molar-refractivity contribution is 0.0951. The molecule has 0 spiro atoms. The van der Waals surface area contributed by atoms with Crippen molar-refractivity contribution in [3.8, 4) is 0 Å². The van der Waals surface area contributed by atoms with Crippen LogP contribution in [0.2, 0.25) is 0 Å². The number of benzene rings is 2. The molecule has 1 N–H and O–H groups in total. The molecule has 0 saturated carbocycles. The Morgan fingerprint density at radius 2 is 1.78 bits per heavy atom. The molecule has 2 aromatic rings. The lowest BCUT2D eigenvalue weighted by Gasteiger charge is -2.14. The van der Waals surface area contributed by atoms with Gasteiger partial charge in [0.25, 0.3) is 5.91 Å². The van der Waals surface area contributed by atoms with E-state index in [2.05, 4.69) is 5.32 Å². The molecule has 0 unspecified atom stereocenters. The fourth-order valence-electron chi connectivity index (χ4n) is 2.32. The summed E-state index contributed by atoms with van der Waals surface area (Å²) in [5, 5.41) is 2.88. The molecule has 122 valence electrons. The molecule has 4 nitrogen and oxygen atoms in total. The summed E-state index contributed by atoms with van der Waals surface area (Å²) in [4.78, 5) is 12.5. The van der Waals surface area contributed by atoms with E-state index in [0.29, 0.717) is 12.1 Å². The molecular formula is C18H21NO3S. The number of hydrogen-bond donors (Lipinski definition) is 1. The largest absolute Gasteiger partial charge is 0.351 e. The fraction of sp³-hybridized carbons (Fsp3) is 0.278. The number of hydrogen-bond acceptors (Lipinski definition) is 3. The molecule has 0 aliphatic heterocycles. The van der Waals surface area contributed by atoms with Crippen LogP contribution in [-0.4, -0.2) is 27.1 Å². The third kappa shape index (κ3) is 4.42. The van der Waals surface area contributed by atoms with Gasteiger partial charge in [-0.15, -0.1) is 0 Å². The van der Waals surface area contributed by atoms with Gasteiger partial charge in [0, 0.05) is 18.4 Å². The van der Waals surface area contributed by atoms with Crippen molar-refractivity contribution in [1.29, 1.82) is 0 Å². The number of rotatable bonds is 5. The summed E-state index contributed by atoms with van der Waals surface area (Å²) in [7, 11) is -3.33. The first-order valence-electron chi connectivity index (χ1n) is 7.43. The second-order valence-electron chi connectivity index (χ2n) is 5.77. The third-order valence-corrected chi connectivity index (χ3v) is 4.93. The lowest BCUT2D eigenvalue weighted by atomic mass is 10.0. The van der Waals surface area contributed by atoms with Crippen LogP contribution in [0.15, 0.2) is 53.4 Å². The maximum Gasteiger partial charge on any atom is 0.251 e. The molecule has 1 atom stereocenters. The van der Waals surface area contributed by atoms with E-state index >= 15 is 0 Å². The minimum Gasteiger partial charge on any atom is -0.351 e. The Morgan fingerprint density at radius 1 is 1.13 bits per heavy atom. The number of sulfone groups is 1. The van der Waals surface area contributed by atoms with Crippen molar-refractivity contribution in [1.82, 2.24) is 5.32 Å². The second kappa shape index (κ2) is 6.96. The van der Waals surface area contributed by atoms with E-state index in [1.165, 1.54) is 12.1 Å². The predicted molar refractivity (Wildman–Crippen MR) is 91.5 cm³/mol. The first-order valence-corrected chi connectivity index (χ1v) is 9.32. The van der Waals surface area contributed by atoms with Gasteiger partial charge in [0.2, 0.25) is 0 Å². The number of aryl methyl sites for hydroxylation is 1. The maximum atomic E-state index is 12.4. The van der Waals surface area contributed by atoms with Crippen molar-refractivity contribution < 1.29 is 13.2 Å².